The van der Waals surface area contributed by atoms with Gasteiger partial charge in [-0.15, -0.1) is 0 Å². The van der Waals surface area contributed by atoms with E-state index in [0.29, 0.717) is 25.1 Å². The molecule has 0 aromatic carbocycles. The fourth-order valence-corrected chi connectivity index (χ4v) is 1.57. The number of carbonyl (C=O) groups is 2. The molecular weight excluding hydrogens is 204 g/mol. The third-order valence-corrected chi connectivity index (χ3v) is 2.61. The third kappa shape index (κ3) is 2.72. The lowest BCUT2D eigenvalue weighted by atomic mass is 10.2. The molecule has 0 spiro atoms. The first-order valence-electron chi connectivity index (χ1n) is 5.53. The van der Waals surface area contributed by atoms with Gasteiger partial charge in [0.1, 0.15) is 0 Å². The van der Waals surface area contributed by atoms with Crippen LogP contribution in [0.4, 0.5) is 0 Å². The van der Waals surface area contributed by atoms with E-state index in [1.807, 2.05) is 13.8 Å². The summed E-state index contributed by atoms with van der Waals surface area (Å²) in [7, 11) is 1.67. The Morgan fingerprint density at radius 3 is 2.62 bits per heavy atom. The van der Waals surface area contributed by atoms with E-state index in [-0.39, 0.29) is 11.8 Å². The van der Waals surface area contributed by atoms with Crippen LogP contribution < -0.4 is 0 Å². The van der Waals surface area contributed by atoms with E-state index >= 15 is 0 Å². The van der Waals surface area contributed by atoms with Gasteiger partial charge in [0.05, 0.1) is 5.57 Å². The maximum Gasteiger partial charge on any atom is 0.255 e. The molecule has 0 bridgehead atoms. The van der Waals surface area contributed by atoms with E-state index in [1.165, 1.54) is 4.90 Å². The number of hydrogen-bond donors (Lipinski definition) is 0. The summed E-state index contributed by atoms with van der Waals surface area (Å²) >= 11 is 0. The summed E-state index contributed by atoms with van der Waals surface area (Å²) in [5.74, 6) is -0.0265. The van der Waals surface area contributed by atoms with Crippen molar-refractivity contribution in [2.24, 2.45) is 0 Å². The van der Waals surface area contributed by atoms with Crippen molar-refractivity contribution >= 4 is 11.8 Å². The molecule has 0 aromatic rings. The quantitative estimate of drug-likeness (QED) is 0.719. The lowest BCUT2D eigenvalue weighted by molar-refractivity contribution is -0.126. The fraction of sp³-hybridized carbons (Fsp3) is 0.500. The minimum atomic E-state index is -0.0252. The highest BCUT2D eigenvalue weighted by atomic mass is 16.2. The molecule has 0 unspecified atom stereocenters. The Morgan fingerprint density at radius 2 is 2.06 bits per heavy atom. The van der Waals surface area contributed by atoms with E-state index in [4.69, 9.17) is 0 Å². The van der Waals surface area contributed by atoms with Crippen LogP contribution in [-0.4, -0.2) is 41.8 Å². The van der Waals surface area contributed by atoms with Gasteiger partial charge >= 0.3 is 0 Å². The van der Waals surface area contributed by atoms with Crippen LogP contribution in [0, 0.1) is 0 Å². The Hall–Kier alpha value is -1.58. The molecule has 0 fully saturated rings. The maximum absolute atomic E-state index is 12.0. The van der Waals surface area contributed by atoms with Crippen molar-refractivity contribution in [3.05, 3.63) is 23.9 Å². The SMILES string of the molecule is CCN(CC)C(=O)C1=CN(C)C(=O)CC=C1. The van der Waals surface area contributed by atoms with Crippen LogP contribution in [0.2, 0.25) is 0 Å². The molecule has 0 radical (unpaired) electrons. The second kappa shape index (κ2) is 5.49. The highest BCUT2D eigenvalue weighted by molar-refractivity contribution is 5.97. The number of hydrogen-bond acceptors (Lipinski definition) is 2. The van der Waals surface area contributed by atoms with Crippen molar-refractivity contribution in [3.8, 4) is 0 Å². The summed E-state index contributed by atoms with van der Waals surface area (Å²) in [6.07, 6.45) is 5.41. The molecular formula is C12H18N2O2. The predicted molar refractivity (Wildman–Crippen MR) is 62.5 cm³/mol. The lowest BCUT2D eigenvalue weighted by Gasteiger charge is -2.19. The van der Waals surface area contributed by atoms with Gasteiger partial charge < -0.3 is 9.80 Å². The summed E-state index contributed by atoms with van der Waals surface area (Å²) in [6.45, 7) is 5.24. The predicted octanol–water partition coefficient (Wildman–Crippen LogP) is 1.16. The Morgan fingerprint density at radius 1 is 1.44 bits per heavy atom. The molecule has 1 aliphatic rings. The minimum absolute atomic E-state index is 0.00130. The number of likely N-dealkylation sites (N-methyl/N-ethyl adjacent to an activating group) is 1. The molecule has 0 aromatic heterocycles. The van der Waals surface area contributed by atoms with Crippen molar-refractivity contribution in [1.29, 1.82) is 0 Å². The lowest BCUT2D eigenvalue weighted by Crippen LogP contribution is -2.32. The molecule has 0 saturated carbocycles. The van der Waals surface area contributed by atoms with Crippen LogP contribution in [0.15, 0.2) is 23.9 Å². The molecule has 88 valence electrons. The first kappa shape index (κ1) is 12.5. The number of nitrogens with zero attached hydrogens (tertiary/aromatic N) is 2. The molecule has 4 heteroatoms. The third-order valence-electron chi connectivity index (χ3n) is 2.61. The largest absolute Gasteiger partial charge is 0.339 e. The summed E-state index contributed by atoms with van der Waals surface area (Å²) < 4.78 is 0. The average Bonchev–Trinajstić information content (AvgIpc) is 2.43. The highest BCUT2D eigenvalue weighted by Crippen LogP contribution is 2.10. The summed E-state index contributed by atoms with van der Waals surface area (Å²) in [4.78, 5) is 26.6. The minimum Gasteiger partial charge on any atom is -0.339 e. The van der Waals surface area contributed by atoms with Gasteiger partial charge in [-0.2, -0.15) is 0 Å². The van der Waals surface area contributed by atoms with Gasteiger partial charge in [0.2, 0.25) is 5.91 Å². The van der Waals surface area contributed by atoms with Crippen LogP contribution in [0.5, 0.6) is 0 Å². The molecule has 0 saturated heterocycles. The normalized spacial score (nSPS) is 15.8. The smallest absolute Gasteiger partial charge is 0.255 e. The molecule has 0 atom stereocenters. The zero-order valence-electron chi connectivity index (χ0n) is 10.1. The molecule has 4 nitrogen and oxygen atoms in total. The van der Waals surface area contributed by atoms with Crippen LogP contribution in [0.25, 0.3) is 0 Å². The molecule has 16 heavy (non-hydrogen) atoms. The molecule has 0 N–H and O–H groups in total. The molecule has 1 heterocycles. The van der Waals surface area contributed by atoms with Crippen molar-refractivity contribution in [2.45, 2.75) is 20.3 Å². The van der Waals surface area contributed by atoms with Gasteiger partial charge in [0.25, 0.3) is 5.91 Å². The van der Waals surface area contributed by atoms with E-state index in [9.17, 15) is 9.59 Å². The van der Waals surface area contributed by atoms with E-state index in [2.05, 4.69) is 0 Å². The maximum atomic E-state index is 12.0. The highest BCUT2D eigenvalue weighted by Gasteiger charge is 2.17. The first-order chi connectivity index (χ1) is 7.60. The van der Waals surface area contributed by atoms with Gasteiger partial charge in [0, 0.05) is 32.8 Å². The Kier molecular flexibility index (Phi) is 4.28. The zero-order valence-corrected chi connectivity index (χ0v) is 10.1. The van der Waals surface area contributed by atoms with Crippen molar-refractivity contribution < 1.29 is 9.59 Å². The summed E-state index contributed by atoms with van der Waals surface area (Å²) in [6, 6.07) is 0. The van der Waals surface area contributed by atoms with E-state index in [0.717, 1.165) is 0 Å². The summed E-state index contributed by atoms with van der Waals surface area (Å²) in [5, 5.41) is 0. The average molecular weight is 222 g/mol. The van der Waals surface area contributed by atoms with Gasteiger partial charge in [0.15, 0.2) is 0 Å². The van der Waals surface area contributed by atoms with Gasteiger partial charge in [-0.3, -0.25) is 9.59 Å². The molecule has 0 aliphatic carbocycles. The standard InChI is InChI=1S/C12H18N2O2/c1-4-14(5-2)12(16)10-7-6-8-11(15)13(3)9-10/h6-7,9H,4-5,8H2,1-3H3. The van der Waals surface area contributed by atoms with E-state index < -0.39 is 0 Å². The number of carbonyl (C=O) groups excluding carboxylic acids is 2. The van der Waals surface area contributed by atoms with Crippen LogP contribution >= 0.6 is 0 Å². The van der Waals surface area contributed by atoms with Crippen LogP contribution in [0.3, 0.4) is 0 Å². The van der Waals surface area contributed by atoms with Crippen LogP contribution in [-0.2, 0) is 9.59 Å². The topological polar surface area (TPSA) is 40.6 Å². The fourth-order valence-electron chi connectivity index (χ4n) is 1.57. The molecule has 1 aliphatic heterocycles. The number of amides is 2. The van der Waals surface area contributed by atoms with E-state index in [1.54, 1.807) is 30.3 Å². The second-order valence-electron chi connectivity index (χ2n) is 3.67. The Labute approximate surface area is 96.2 Å². The summed E-state index contributed by atoms with van der Waals surface area (Å²) in [5.41, 5.74) is 0.567. The van der Waals surface area contributed by atoms with Gasteiger partial charge in [-0.25, -0.2) is 0 Å². The molecule has 1 rings (SSSR count). The second-order valence-corrected chi connectivity index (χ2v) is 3.67. The Balaban J connectivity index is 2.90. The van der Waals surface area contributed by atoms with Crippen molar-refractivity contribution in [1.82, 2.24) is 9.80 Å². The van der Waals surface area contributed by atoms with Crippen LogP contribution in [0.1, 0.15) is 20.3 Å². The van der Waals surface area contributed by atoms with Gasteiger partial charge in [-0.05, 0) is 13.8 Å². The van der Waals surface area contributed by atoms with Crippen molar-refractivity contribution in [2.75, 3.05) is 20.1 Å². The Bertz CT molecular complexity index is 341. The first-order valence-corrected chi connectivity index (χ1v) is 5.53. The van der Waals surface area contributed by atoms with Crippen molar-refractivity contribution in [3.63, 3.8) is 0 Å². The van der Waals surface area contributed by atoms with Gasteiger partial charge in [-0.1, -0.05) is 12.2 Å². The number of rotatable bonds is 3. The monoisotopic (exact) mass is 222 g/mol. The zero-order chi connectivity index (χ0) is 12.1. The molecule has 2 amide bonds.